The maximum Gasteiger partial charge on any atom is 0.328 e. The maximum absolute atomic E-state index is 12.7. The molecule has 264 valence electrons. The second-order valence-electron chi connectivity index (χ2n) is 11.8. The number of esters is 2. The van der Waals surface area contributed by atoms with Gasteiger partial charge in [-0.1, -0.05) is 55.0 Å². The van der Waals surface area contributed by atoms with Crippen LogP contribution in [0.1, 0.15) is 83.0 Å². The zero-order chi connectivity index (χ0) is 35.7. The number of nitrogens with zero attached hydrogens (tertiary/aromatic N) is 1. The number of hydrogen-bond donors (Lipinski definition) is 1. The summed E-state index contributed by atoms with van der Waals surface area (Å²) in [6.07, 6.45) is 3.27. The van der Waals surface area contributed by atoms with Crippen molar-refractivity contribution in [2.45, 2.75) is 85.5 Å². The summed E-state index contributed by atoms with van der Waals surface area (Å²) in [5, 5.41) is 2.54. The number of rotatable bonds is 16. The molecular formula is C37H52N2O9. The van der Waals surface area contributed by atoms with Crippen molar-refractivity contribution >= 4 is 17.8 Å². The Labute approximate surface area is 285 Å². The zero-order valence-electron chi connectivity index (χ0n) is 29.6. The van der Waals surface area contributed by atoms with E-state index in [-0.39, 0.29) is 18.6 Å². The minimum absolute atomic E-state index is 0. The average Bonchev–Trinajstić information content (AvgIpc) is 3.04. The molecule has 11 heteroatoms. The molecule has 0 aliphatic carbocycles. The summed E-state index contributed by atoms with van der Waals surface area (Å²) < 4.78 is 31.9. The highest BCUT2D eigenvalue weighted by molar-refractivity contribution is 5.98. The van der Waals surface area contributed by atoms with Crippen LogP contribution < -0.4 is 19.5 Å². The minimum atomic E-state index is -0.945. The van der Waals surface area contributed by atoms with Gasteiger partial charge in [-0.2, -0.15) is 0 Å². The Morgan fingerprint density at radius 3 is 2.29 bits per heavy atom. The van der Waals surface area contributed by atoms with E-state index in [1.54, 1.807) is 14.0 Å². The lowest BCUT2D eigenvalue weighted by molar-refractivity contribution is -0.153. The molecule has 0 radical (unpaired) electrons. The van der Waals surface area contributed by atoms with Gasteiger partial charge >= 0.3 is 11.9 Å². The molecule has 0 saturated carbocycles. The summed E-state index contributed by atoms with van der Waals surface area (Å²) in [5.41, 5.74) is 3.26. The normalized spacial score (nSPS) is 12.0. The topological polar surface area (TPSA) is 132 Å². The first-order valence-corrected chi connectivity index (χ1v) is 15.9. The third kappa shape index (κ3) is 13.6. The summed E-state index contributed by atoms with van der Waals surface area (Å²) in [5.74, 6) is -0.650. The zero-order valence-corrected chi connectivity index (χ0v) is 29.6. The van der Waals surface area contributed by atoms with Crippen LogP contribution in [0.3, 0.4) is 0 Å². The molecule has 3 rings (SSSR count). The van der Waals surface area contributed by atoms with Crippen LogP contribution >= 0.6 is 0 Å². The van der Waals surface area contributed by atoms with Crippen LogP contribution in [-0.4, -0.2) is 68.2 Å². The van der Waals surface area contributed by atoms with Gasteiger partial charge in [0.25, 0.3) is 5.91 Å². The van der Waals surface area contributed by atoms with Gasteiger partial charge in [-0.3, -0.25) is 9.59 Å². The van der Waals surface area contributed by atoms with Gasteiger partial charge < -0.3 is 33.7 Å². The van der Waals surface area contributed by atoms with Crippen LogP contribution in [0.5, 0.6) is 17.2 Å². The molecule has 0 aliphatic rings. The van der Waals surface area contributed by atoms with E-state index in [4.69, 9.17) is 28.4 Å². The number of benzene rings is 2. The van der Waals surface area contributed by atoms with Gasteiger partial charge in [-0.25, -0.2) is 9.78 Å². The minimum Gasteiger partial charge on any atom is -0.496 e. The number of pyridine rings is 1. The molecule has 0 bridgehead atoms. The number of hydrogen-bond acceptors (Lipinski definition) is 10. The highest BCUT2D eigenvalue weighted by Crippen LogP contribution is 2.29. The van der Waals surface area contributed by atoms with Crippen molar-refractivity contribution in [3.8, 4) is 17.2 Å². The lowest BCUT2D eigenvalue weighted by Gasteiger charge is -2.28. The predicted octanol–water partition coefficient (Wildman–Crippen LogP) is 6.48. The lowest BCUT2D eigenvalue weighted by Crippen LogP contribution is -2.42. The Hall–Kier alpha value is -4.64. The Morgan fingerprint density at radius 1 is 0.979 bits per heavy atom. The first kappa shape index (κ1) is 39.5. The standard InChI is InChI=1S/C22H34N2O8.C15H16O.H2/c1-8-11-31-22(5,6)12-14(2)32-21(27)15(3)24-20(26)18-19(30-13-29-16(4)25)17(28-7)9-10-23-18;1-12-8-9-15(16-2)14(10-12)11-13-6-4-3-5-7-13;/h9-10,14-15H,8,11-13H2,1-7H3,(H,24,26);3-10H,11H2,1-2H3;1H/t14-,15-;;/m0../s1. The molecule has 2 aromatic carbocycles. The maximum atomic E-state index is 12.7. The SMILES string of the molecule is CCCOC(C)(C)C[C@H](C)OC(=O)[C@H](C)NC(=O)c1nccc(OC)c1OCOC(C)=O.COc1ccc(C)cc1Cc1ccccc1.[HH]. The smallest absolute Gasteiger partial charge is 0.328 e. The molecule has 0 aliphatic heterocycles. The van der Waals surface area contributed by atoms with Gasteiger partial charge in [0.2, 0.25) is 6.79 Å². The number of ether oxygens (including phenoxy) is 6. The number of aromatic nitrogens is 1. The quantitative estimate of drug-likeness (QED) is 0.134. The van der Waals surface area contributed by atoms with Crippen molar-refractivity contribution in [1.29, 1.82) is 0 Å². The molecule has 48 heavy (non-hydrogen) atoms. The van der Waals surface area contributed by atoms with Crippen molar-refractivity contribution in [2.24, 2.45) is 0 Å². The third-order valence-corrected chi connectivity index (χ3v) is 6.94. The van der Waals surface area contributed by atoms with Crippen LogP contribution in [0.4, 0.5) is 0 Å². The number of aryl methyl sites for hydroxylation is 1. The monoisotopic (exact) mass is 668 g/mol. The van der Waals surface area contributed by atoms with Gasteiger partial charge in [0.1, 0.15) is 17.9 Å². The molecule has 1 heterocycles. The van der Waals surface area contributed by atoms with Crippen LogP contribution in [0.15, 0.2) is 60.8 Å². The molecule has 0 spiro atoms. The fourth-order valence-electron chi connectivity index (χ4n) is 4.72. The number of carbonyl (C=O) groups is 3. The fraction of sp³-hybridized carbons (Fsp3) is 0.459. The molecule has 1 N–H and O–H groups in total. The molecule has 11 nitrogen and oxygen atoms in total. The summed E-state index contributed by atoms with van der Waals surface area (Å²) in [7, 11) is 3.11. The van der Waals surface area contributed by atoms with Crippen LogP contribution in [-0.2, 0) is 30.2 Å². The first-order chi connectivity index (χ1) is 22.8. The van der Waals surface area contributed by atoms with Crippen molar-refractivity contribution in [1.82, 2.24) is 10.3 Å². The van der Waals surface area contributed by atoms with Gasteiger partial charge in [0.05, 0.1) is 19.8 Å². The van der Waals surface area contributed by atoms with Gasteiger partial charge in [0, 0.05) is 40.1 Å². The average molecular weight is 669 g/mol. The highest BCUT2D eigenvalue weighted by atomic mass is 16.7. The molecular weight excluding hydrogens is 616 g/mol. The summed E-state index contributed by atoms with van der Waals surface area (Å²) in [6, 6.07) is 17.3. The lowest BCUT2D eigenvalue weighted by atomic mass is 10.0. The van der Waals surface area contributed by atoms with Gasteiger partial charge in [-0.05, 0) is 58.2 Å². The van der Waals surface area contributed by atoms with E-state index in [2.05, 4.69) is 53.6 Å². The highest BCUT2D eigenvalue weighted by Gasteiger charge is 2.27. The Bertz CT molecular complexity index is 1470. The van der Waals surface area contributed by atoms with Gasteiger partial charge in [-0.15, -0.1) is 0 Å². The van der Waals surface area contributed by atoms with Crippen molar-refractivity contribution in [2.75, 3.05) is 27.6 Å². The Morgan fingerprint density at radius 2 is 1.67 bits per heavy atom. The number of carbonyl (C=O) groups excluding carboxylic acids is 3. The van der Waals surface area contributed by atoms with E-state index in [1.165, 1.54) is 49.9 Å². The molecule has 0 fully saturated rings. The molecule has 0 saturated heterocycles. The van der Waals surface area contributed by atoms with E-state index in [1.807, 2.05) is 32.9 Å². The molecule has 2 atom stereocenters. The Balaban J connectivity index is 0.000000587. The van der Waals surface area contributed by atoms with Crippen LogP contribution in [0.2, 0.25) is 0 Å². The van der Waals surface area contributed by atoms with E-state index in [0.29, 0.717) is 13.0 Å². The van der Waals surface area contributed by atoms with Crippen LogP contribution in [0, 0.1) is 6.92 Å². The predicted molar refractivity (Wildman–Crippen MR) is 185 cm³/mol. The van der Waals surface area contributed by atoms with E-state index in [0.717, 1.165) is 18.6 Å². The van der Waals surface area contributed by atoms with E-state index in [9.17, 15) is 14.4 Å². The number of amides is 1. The van der Waals surface area contributed by atoms with Gasteiger partial charge in [0.15, 0.2) is 17.2 Å². The van der Waals surface area contributed by atoms with Crippen molar-refractivity contribution in [3.63, 3.8) is 0 Å². The van der Waals surface area contributed by atoms with E-state index >= 15 is 0 Å². The number of methoxy groups -OCH3 is 2. The molecule has 1 aromatic heterocycles. The molecule has 0 unspecified atom stereocenters. The van der Waals surface area contributed by atoms with Crippen molar-refractivity contribution in [3.05, 3.63) is 83.2 Å². The second-order valence-corrected chi connectivity index (χ2v) is 11.8. The van der Waals surface area contributed by atoms with Crippen molar-refractivity contribution < 1.29 is 44.2 Å². The first-order valence-electron chi connectivity index (χ1n) is 15.9. The third-order valence-electron chi connectivity index (χ3n) is 6.94. The fourth-order valence-corrected chi connectivity index (χ4v) is 4.72. The molecule has 1 amide bonds. The second kappa shape index (κ2) is 19.9. The Kier molecular flexibility index (Phi) is 16.4. The number of nitrogens with one attached hydrogen (secondary N) is 1. The summed E-state index contributed by atoms with van der Waals surface area (Å²) in [4.78, 5) is 40.2. The summed E-state index contributed by atoms with van der Waals surface area (Å²) in [6.45, 7) is 12.7. The van der Waals surface area contributed by atoms with E-state index < -0.39 is 42.4 Å². The molecule has 3 aromatic rings. The largest absolute Gasteiger partial charge is 0.496 e. The summed E-state index contributed by atoms with van der Waals surface area (Å²) >= 11 is 0. The van der Waals surface area contributed by atoms with Crippen LogP contribution in [0.25, 0.3) is 0 Å².